The second-order valence-corrected chi connectivity index (χ2v) is 8.47. The zero-order chi connectivity index (χ0) is 18.3. The number of hydrogen-bond donors (Lipinski definition) is 0. The summed E-state index contributed by atoms with van der Waals surface area (Å²) >= 11 is 5.50. The lowest BCUT2D eigenvalue weighted by atomic mass is 10.2. The van der Waals surface area contributed by atoms with Crippen molar-refractivity contribution in [3.8, 4) is 0 Å². The standard InChI is InChI=1S/C20H22BrN4S/c1-4-23-10-11-26-19(23)7-6-14-8-9-25-18-13-16(22-3)15(21)12-17(18)24(5-2)20(14)25/h6-7,12-13H,4-5,8-11H2,1-2H3/q+1. The molecule has 0 radical (unpaired) electrons. The molecule has 2 aromatic rings. The van der Waals surface area contributed by atoms with Gasteiger partial charge in [0.2, 0.25) is 5.69 Å². The Morgan fingerprint density at radius 2 is 2.15 bits per heavy atom. The van der Waals surface area contributed by atoms with Gasteiger partial charge in [0.25, 0.3) is 5.82 Å². The summed E-state index contributed by atoms with van der Waals surface area (Å²) < 4.78 is 5.63. The van der Waals surface area contributed by atoms with Crippen LogP contribution in [0, 0.1) is 6.57 Å². The quantitative estimate of drug-likeness (QED) is 0.506. The van der Waals surface area contributed by atoms with Crippen LogP contribution in [-0.2, 0) is 13.1 Å². The summed E-state index contributed by atoms with van der Waals surface area (Å²) in [5, 5.41) is 1.38. The number of aromatic nitrogens is 2. The number of thioether (sulfide) groups is 1. The number of benzene rings is 1. The lowest BCUT2D eigenvalue weighted by Crippen LogP contribution is -2.31. The van der Waals surface area contributed by atoms with Crippen molar-refractivity contribution in [2.75, 3.05) is 18.8 Å². The summed E-state index contributed by atoms with van der Waals surface area (Å²) in [5.41, 5.74) is 4.43. The number of halogens is 1. The molecule has 26 heavy (non-hydrogen) atoms. The lowest BCUT2D eigenvalue weighted by Gasteiger charge is -2.15. The zero-order valence-corrected chi connectivity index (χ0v) is 17.5. The molecule has 0 bridgehead atoms. The largest absolute Gasteiger partial charge is 0.366 e. The number of rotatable bonds is 3. The summed E-state index contributed by atoms with van der Waals surface area (Å²) in [6.07, 6.45) is 5.66. The van der Waals surface area contributed by atoms with Crippen LogP contribution in [0.2, 0.25) is 0 Å². The van der Waals surface area contributed by atoms with E-state index in [1.54, 1.807) is 0 Å². The smallest absolute Gasteiger partial charge is 0.285 e. The van der Waals surface area contributed by atoms with Crippen LogP contribution in [0.3, 0.4) is 0 Å². The molecule has 6 heteroatoms. The van der Waals surface area contributed by atoms with Gasteiger partial charge in [0.05, 0.1) is 24.7 Å². The van der Waals surface area contributed by atoms with Crippen LogP contribution in [0.1, 0.15) is 26.1 Å². The van der Waals surface area contributed by atoms with Gasteiger partial charge in [0.15, 0.2) is 11.0 Å². The second kappa shape index (κ2) is 7.13. The van der Waals surface area contributed by atoms with Crippen molar-refractivity contribution >= 4 is 50.0 Å². The monoisotopic (exact) mass is 429 g/mol. The van der Waals surface area contributed by atoms with Gasteiger partial charge in [0, 0.05) is 35.3 Å². The van der Waals surface area contributed by atoms with E-state index in [4.69, 9.17) is 6.57 Å². The van der Waals surface area contributed by atoms with E-state index in [9.17, 15) is 0 Å². The minimum atomic E-state index is 0.682. The summed E-state index contributed by atoms with van der Waals surface area (Å²) in [4.78, 5) is 6.10. The van der Waals surface area contributed by atoms with E-state index in [0.717, 1.165) is 42.6 Å². The van der Waals surface area contributed by atoms with E-state index in [1.165, 1.54) is 27.7 Å². The lowest BCUT2D eigenvalue weighted by molar-refractivity contribution is -0.664. The Morgan fingerprint density at radius 3 is 2.88 bits per heavy atom. The molecule has 4 rings (SSSR count). The van der Waals surface area contributed by atoms with Crippen molar-refractivity contribution in [3.05, 3.63) is 51.0 Å². The molecule has 1 aromatic heterocycles. The minimum Gasteiger partial charge on any atom is -0.366 e. The van der Waals surface area contributed by atoms with Crippen LogP contribution in [0.15, 0.2) is 33.8 Å². The molecule has 1 saturated heterocycles. The molecule has 4 nitrogen and oxygen atoms in total. The Hall–Kier alpha value is -1.71. The summed E-state index contributed by atoms with van der Waals surface area (Å²) in [6, 6.07) is 4.12. The molecular weight excluding hydrogens is 408 g/mol. The van der Waals surface area contributed by atoms with Crippen LogP contribution in [0.4, 0.5) is 5.69 Å². The molecule has 0 N–H and O–H groups in total. The fourth-order valence-corrected chi connectivity index (χ4v) is 5.44. The molecule has 0 aliphatic carbocycles. The minimum absolute atomic E-state index is 0.682. The van der Waals surface area contributed by atoms with Gasteiger partial charge in [-0.25, -0.2) is 14.0 Å². The van der Waals surface area contributed by atoms with Gasteiger partial charge in [-0.15, -0.1) is 11.8 Å². The highest BCUT2D eigenvalue weighted by atomic mass is 79.9. The van der Waals surface area contributed by atoms with Gasteiger partial charge in [0.1, 0.15) is 0 Å². The SMILES string of the molecule is [C-]#[N+]c1cc2c(cc1Br)n(CC)c1[n+]2CCC1=CC=C1SCCN1CC. The van der Waals surface area contributed by atoms with Gasteiger partial charge in [-0.05, 0) is 38.1 Å². The molecule has 0 amide bonds. The third-order valence-electron chi connectivity index (χ3n) is 5.20. The van der Waals surface area contributed by atoms with Crippen molar-refractivity contribution in [2.45, 2.75) is 33.4 Å². The third-order valence-corrected chi connectivity index (χ3v) is 6.91. The third kappa shape index (κ3) is 2.78. The molecule has 0 saturated carbocycles. The molecule has 3 heterocycles. The molecule has 2 aliphatic rings. The van der Waals surface area contributed by atoms with Crippen LogP contribution in [-0.4, -0.2) is 28.3 Å². The van der Waals surface area contributed by atoms with E-state index in [-0.39, 0.29) is 0 Å². The first-order valence-electron chi connectivity index (χ1n) is 9.10. The molecular formula is C20H22BrN4S+. The summed E-state index contributed by atoms with van der Waals surface area (Å²) in [7, 11) is 0. The molecule has 0 unspecified atom stereocenters. The highest BCUT2D eigenvalue weighted by molar-refractivity contribution is 9.10. The number of hydrogen-bond acceptors (Lipinski definition) is 2. The highest BCUT2D eigenvalue weighted by Gasteiger charge is 2.32. The Labute approximate surface area is 167 Å². The van der Waals surface area contributed by atoms with E-state index < -0.39 is 0 Å². The maximum absolute atomic E-state index is 7.40. The Kier molecular flexibility index (Phi) is 4.85. The fourth-order valence-electron chi connectivity index (χ4n) is 3.93. The predicted molar refractivity (Wildman–Crippen MR) is 112 cm³/mol. The fraction of sp³-hybridized carbons (Fsp3) is 0.400. The van der Waals surface area contributed by atoms with Crippen LogP contribution in [0.5, 0.6) is 0 Å². The molecule has 0 atom stereocenters. The van der Waals surface area contributed by atoms with Gasteiger partial charge in [-0.1, -0.05) is 15.9 Å². The van der Waals surface area contributed by atoms with Crippen molar-refractivity contribution in [1.29, 1.82) is 0 Å². The molecule has 2 aliphatic heterocycles. The Morgan fingerprint density at radius 1 is 1.31 bits per heavy atom. The van der Waals surface area contributed by atoms with Crippen molar-refractivity contribution in [3.63, 3.8) is 0 Å². The summed E-state index contributed by atoms with van der Waals surface area (Å²) in [6.45, 7) is 15.9. The second-order valence-electron chi connectivity index (χ2n) is 6.50. The normalized spacial score (nSPS) is 19.7. The van der Waals surface area contributed by atoms with Crippen molar-refractivity contribution < 1.29 is 4.57 Å². The molecule has 1 fully saturated rings. The van der Waals surface area contributed by atoms with E-state index in [2.05, 4.69) is 66.9 Å². The molecule has 0 spiro atoms. The zero-order valence-electron chi connectivity index (χ0n) is 15.1. The van der Waals surface area contributed by atoms with Gasteiger partial charge < -0.3 is 4.90 Å². The van der Waals surface area contributed by atoms with E-state index in [0.29, 0.717) is 5.69 Å². The van der Waals surface area contributed by atoms with Crippen LogP contribution < -0.4 is 4.57 Å². The van der Waals surface area contributed by atoms with Gasteiger partial charge in [-0.2, -0.15) is 0 Å². The summed E-state index contributed by atoms with van der Waals surface area (Å²) in [5.74, 6) is 2.48. The number of allylic oxidation sites excluding steroid dienone is 3. The first-order valence-corrected chi connectivity index (χ1v) is 10.9. The maximum atomic E-state index is 7.40. The number of imidazole rings is 1. The molecule has 134 valence electrons. The first kappa shape index (κ1) is 17.7. The van der Waals surface area contributed by atoms with Gasteiger partial charge >= 0.3 is 0 Å². The van der Waals surface area contributed by atoms with Crippen LogP contribution >= 0.6 is 27.7 Å². The maximum Gasteiger partial charge on any atom is 0.285 e. The first-order chi connectivity index (χ1) is 12.7. The van der Waals surface area contributed by atoms with E-state index in [1.807, 2.05) is 17.8 Å². The Bertz CT molecular complexity index is 980. The highest BCUT2D eigenvalue weighted by Crippen LogP contribution is 2.35. The van der Waals surface area contributed by atoms with Gasteiger partial charge in [-0.3, -0.25) is 0 Å². The molecule has 1 aromatic carbocycles. The van der Waals surface area contributed by atoms with Crippen LogP contribution in [0.25, 0.3) is 21.5 Å². The average Bonchev–Trinajstić information content (AvgIpc) is 3.33. The topological polar surface area (TPSA) is 16.4 Å². The average molecular weight is 430 g/mol. The van der Waals surface area contributed by atoms with E-state index >= 15 is 0 Å². The number of nitrogens with zero attached hydrogens (tertiary/aromatic N) is 4. The van der Waals surface area contributed by atoms with Crippen molar-refractivity contribution in [2.24, 2.45) is 0 Å². The van der Waals surface area contributed by atoms with Crippen molar-refractivity contribution in [1.82, 2.24) is 9.47 Å². The number of aryl methyl sites for hydroxylation is 2. The number of fused-ring (bicyclic) bond motifs is 3. The Balaban J connectivity index is 1.83. The predicted octanol–water partition coefficient (Wildman–Crippen LogP) is 4.96.